The third kappa shape index (κ3) is 3.70. The minimum absolute atomic E-state index is 0.235. The Morgan fingerprint density at radius 3 is 2.96 bits per heavy atom. The molecular weight excluding hydrogens is 342 g/mol. The number of nitrogens with one attached hydrogen (secondary N) is 2. The molecule has 0 saturated carbocycles. The minimum atomic E-state index is -0.238. The van der Waals surface area contributed by atoms with Crippen LogP contribution in [0.2, 0.25) is 0 Å². The van der Waals surface area contributed by atoms with Gasteiger partial charge in [0.05, 0.1) is 30.3 Å². The number of benzene rings is 1. The summed E-state index contributed by atoms with van der Waals surface area (Å²) in [4.78, 5) is 27.8. The van der Waals surface area contributed by atoms with E-state index in [0.717, 1.165) is 0 Å². The monoisotopic (exact) mass is 359 g/mol. The van der Waals surface area contributed by atoms with Crippen molar-refractivity contribution >= 4 is 29.0 Å². The molecule has 1 amide bonds. The zero-order valence-electron chi connectivity index (χ0n) is 13.6. The maximum absolute atomic E-state index is 12.7. The van der Waals surface area contributed by atoms with Crippen molar-refractivity contribution in [1.29, 1.82) is 0 Å². The van der Waals surface area contributed by atoms with Crippen LogP contribution in [-0.2, 0) is 11.3 Å². The van der Waals surface area contributed by atoms with Crippen molar-refractivity contribution in [2.75, 3.05) is 20.3 Å². The van der Waals surface area contributed by atoms with E-state index in [0.29, 0.717) is 35.4 Å². The van der Waals surface area contributed by atoms with Crippen molar-refractivity contribution in [2.45, 2.75) is 6.54 Å². The second-order valence-corrected chi connectivity index (χ2v) is 5.80. The molecule has 0 bridgehead atoms. The number of aromatic nitrogens is 2. The molecule has 3 aromatic rings. The van der Waals surface area contributed by atoms with Crippen molar-refractivity contribution in [2.24, 2.45) is 0 Å². The lowest BCUT2D eigenvalue weighted by molar-refractivity contribution is 0.0937. The fourth-order valence-corrected chi connectivity index (χ4v) is 2.72. The Labute approximate surface area is 148 Å². The second-order valence-electron chi connectivity index (χ2n) is 5.41. The van der Waals surface area contributed by atoms with Crippen LogP contribution in [-0.4, -0.2) is 35.7 Å². The largest absolute Gasteiger partial charge is 0.467 e. The average Bonchev–Trinajstić information content (AvgIpc) is 3.11. The number of rotatable bonds is 6. The second kappa shape index (κ2) is 7.45. The fourth-order valence-electron chi connectivity index (χ4n) is 2.47. The molecule has 0 spiro atoms. The van der Waals surface area contributed by atoms with Gasteiger partial charge in [-0.1, -0.05) is 0 Å². The quantitative estimate of drug-likeness (QED) is 0.520. The van der Waals surface area contributed by atoms with Crippen LogP contribution in [0, 0.1) is 4.77 Å². The molecule has 130 valence electrons. The number of H-pyrrole nitrogens is 1. The highest BCUT2D eigenvalue weighted by Crippen LogP contribution is 2.12. The first-order valence-corrected chi connectivity index (χ1v) is 8.07. The van der Waals surface area contributed by atoms with Gasteiger partial charge in [-0.25, -0.2) is 0 Å². The molecule has 2 N–H and O–H groups in total. The van der Waals surface area contributed by atoms with E-state index in [9.17, 15) is 9.59 Å². The summed E-state index contributed by atoms with van der Waals surface area (Å²) in [6.07, 6.45) is 1.54. The van der Waals surface area contributed by atoms with Gasteiger partial charge in [0.2, 0.25) is 0 Å². The van der Waals surface area contributed by atoms with Crippen molar-refractivity contribution in [1.82, 2.24) is 14.9 Å². The number of nitrogens with zero attached hydrogens (tertiary/aromatic N) is 1. The number of carbonyl (C=O) groups is 1. The lowest BCUT2D eigenvalue weighted by atomic mass is 10.1. The lowest BCUT2D eigenvalue weighted by Gasteiger charge is -2.08. The van der Waals surface area contributed by atoms with Crippen molar-refractivity contribution in [3.63, 3.8) is 0 Å². The van der Waals surface area contributed by atoms with Crippen molar-refractivity contribution in [3.8, 4) is 0 Å². The van der Waals surface area contributed by atoms with Gasteiger partial charge in [-0.05, 0) is 42.5 Å². The molecule has 0 unspecified atom stereocenters. The first kappa shape index (κ1) is 17.1. The summed E-state index contributed by atoms with van der Waals surface area (Å²) >= 11 is 5.28. The summed E-state index contributed by atoms with van der Waals surface area (Å²) in [5.41, 5.74) is 0.726. The SMILES string of the molecule is COCCNC(=O)c1ccc2c(=O)n(Cc3ccco3)c(=S)[nH]c2c1. The molecular formula is C17H17N3O4S. The Balaban J connectivity index is 1.95. The van der Waals surface area contributed by atoms with Crippen LogP contribution in [0.5, 0.6) is 0 Å². The number of fused-ring (bicyclic) bond motifs is 1. The van der Waals surface area contributed by atoms with Crippen LogP contribution in [0.1, 0.15) is 16.1 Å². The molecule has 0 aliphatic rings. The first-order valence-electron chi connectivity index (χ1n) is 7.66. The molecule has 2 aromatic heterocycles. The molecule has 7 nitrogen and oxygen atoms in total. The Kier molecular flexibility index (Phi) is 5.11. The summed E-state index contributed by atoms with van der Waals surface area (Å²) in [5.74, 6) is 0.396. The predicted molar refractivity (Wildman–Crippen MR) is 95.4 cm³/mol. The van der Waals surface area contributed by atoms with Gasteiger partial charge in [0.25, 0.3) is 11.5 Å². The van der Waals surface area contributed by atoms with Gasteiger partial charge >= 0.3 is 0 Å². The predicted octanol–water partition coefficient (Wildman–Crippen LogP) is 2.08. The number of hydrogen-bond donors (Lipinski definition) is 2. The van der Waals surface area contributed by atoms with E-state index in [1.807, 2.05) is 0 Å². The Hall–Kier alpha value is -2.71. The molecule has 0 fully saturated rings. The standard InChI is InChI=1S/C17H17N3O4S/c1-23-8-6-18-15(21)11-4-5-13-14(9-11)19-17(25)20(16(13)22)10-12-3-2-7-24-12/h2-5,7,9H,6,8,10H2,1H3,(H,18,21)(H,19,25). The van der Waals surface area contributed by atoms with Crippen molar-refractivity contribution in [3.05, 3.63) is 63.0 Å². The van der Waals surface area contributed by atoms with Gasteiger partial charge in [0.15, 0.2) is 4.77 Å². The summed E-state index contributed by atoms with van der Waals surface area (Å²) in [6.45, 7) is 1.09. The zero-order chi connectivity index (χ0) is 17.8. The van der Waals surface area contributed by atoms with E-state index in [4.69, 9.17) is 21.4 Å². The molecule has 0 radical (unpaired) electrons. The number of methoxy groups -OCH3 is 1. The van der Waals surface area contributed by atoms with E-state index in [-0.39, 0.29) is 22.8 Å². The number of aromatic amines is 1. The van der Waals surface area contributed by atoms with Gasteiger partial charge in [-0.2, -0.15) is 0 Å². The molecule has 0 aliphatic carbocycles. The van der Waals surface area contributed by atoms with E-state index < -0.39 is 0 Å². The van der Waals surface area contributed by atoms with E-state index in [2.05, 4.69) is 10.3 Å². The Morgan fingerprint density at radius 2 is 2.24 bits per heavy atom. The molecule has 1 aromatic carbocycles. The number of hydrogen-bond acceptors (Lipinski definition) is 5. The summed E-state index contributed by atoms with van der Waals surface area (Å²) in [7, 11) is 1.57. The van der Waals surface area contributed by atoms with Crippen LogP contribution in [0.4, 0.5) is 0 Å². The maximum Gasteiger partial charge on any atom is 0.262 e. The highest BCUT2D eigenvalue weighted by atomic mass is 32.1. The minimum Gasteiger partial charge on any atom is -0.467 e. The van der Waals surface area contributed by atoms with Crippen LogP contribution < -0.4 is 10.9 Å². The van der Waals surface area contributed by atoms with E-state index >= 15 is 0 Å². The molecule has 25 heavy (non-hydrogen) atoms. The number of furan rings is 1. The van der Waals surface area contributed by atoms with E-state index in [1.54, 1.807) is 43.7 Å². The smallest absolute Gasteiger partial charge is 0.262 e. The summed E-state index contributed by atoms with van der Waals surface area (Å²) in [5, 5.41) is 3.19. The number of amides is 1. The summed E-state index contributed by atoms with van der Waals surface area (Å²) in [6, 6.07) is 8.38. The van der Waals surface area contributed by atoms with E-state index in [1.165, 1.54) is 4.57 Å². The first-order chi connectivity index (χ1) is 12.1. The molecule has 0 atom stereocenters. The van der Waals surface area contributed by atoms with Gasteiger partial charge < -0.3 is 19.5 Å². The van der Waals surface area contributed by atoms with Crippen LogP contribution in [0.15, 0.2) is 45.8 Å². The Bertz CT molecular complexity index is 1000. The van der Waals surface area contributed by atoms with Crippen LogP contribution in [0.25, 0.3) is 10.9 Å². The topological polar surface area (TPSA) is 89.3 Å². The lowest BCUT2D eigenvalue weighted by Crippen LogP contribution is -2.27. The molecule has 0 saturated heterocycles. The average molecular weight is 359 g/mol. The highest BCUT2D eigenvalue weighted by molar-refractivity contribution is 7.71. The Morgan fingerprint density at radius 1 is 1.40 bits per heavy atom. The third-order valence-electron chi connectivity index (χ3n) is 3.73. The molecule has 3 rings (SSSR count). The van der Waals surface area contributed by atoms with Gasteiger partial charge in [-0.3, -0.25) is 14.2 Å². The van der Waals surface area contributed by atoms with Gasteiger partial charge in [0, 0.05) is 19.2 Å². The fraction of sp³-hybridized carbons (Fsp3) is 0.235. The molecule has 8 heteroatoms. The van der Waals surface area contributed by atoms with Gasteiger partial charge in [0.1, 0.15) is 5.76 Å². The van der Waals surface area contributed by atoms with Crippen LogP contribution >= 0.6 is 12.2 Å². The highest BCUT2D eigenvalue weighted by Gasteiger charge is 2.11. The van der Waals surface area contributed by atoms with Crippen molar-refractivity contribution < 1.29 is 13.9 Å². The zero-order valence-corrected chi connectivity index (χ0v) is 14.4. The number of ether oxygens (including phenoxy) is 1. The van der Waals surface area contributed by atoms with Crippen LogP contribution in [0.3, 0.4) is 0 Å². The third-order valence-corrected chi connectivity index (χ3v) is 4.05. The number of carbonyl (C=O) groups excluding carboxylic acids is 1. The molecule has 2 heterocycles. The van der Waals surface area contributed by atoms with Gasteiger partial charge in [-0.15, -0.1) is 0 Å². The molecule has 0 aliphatic heterocycles. The normalized spacial score (nSPS) is 10.9. The summed E-state index contributed by atoms with van der Waals surface area (Å²) < 4.78 is 11.9. The maximum atomic E-state index is 12.7.